The van der Waals surface area contributed by atoms with Crippen molar-refractivity contribution in [3.05, 3.63) is 53.6 Å². The second kappa shape index (κ2) is 17.2. The van der Waals surface area contributed by atoms with Crippen LogP contribution in [0.1, 0.15) is 87.9 Å². The third kappa shape index (κ3) is 9.20. The van der Waals surface area contributed by atoms with E-state index in [1.807, 2.05) is 30.3 Å². The Labute approximate surface area is 283 Å². The number of esters is 1. The lowest BCUT2D eigenvalue weighted by Gasteiger charge is -2.39. The summed E-state index contributed by atoms with van der Waals surface area (Å²) in [6.45, 7) is 0.552. The van der Waals surface area contributed by atoms with Gasteiger partial charge in [0.15, 0.2) is 18.1 Å². The van der Waals surface area contributed by atoms with Crippen LogP contribution in [0.15, 0.2) is 42.5 Å². The van der Waals surface area contributed by atoms with Gasteiger partial charge in [-0.1, -0.05) is 37.5 Å². The van der Waals surface area contributed by atoms with Crippen molar-refractivity contribution >= 4 is 23.7 Å². The molecule has 2 N–H and O–H groups in total. The molecule has 48 heavy (non-hydrogen) atoms. The van der Waals surface area contributed by atoms with Crippen molar-refractivity contribution in [2.45, 2.75) is 95.2 Å². The summed E-state index contributed by atoms with van der Waals surface area (Å²) in [6.07, 6.45) is 7.86. The third-order valence-electron chi connectivity index (χ3n) is 9.67. The number of amides is 3. The molecule has 1 saturated carbocycles. The number of piperidine rings is 1. The van der Waals surface area contributed by atoms with Crippen LogP contribution in [0.4, 0.5) is 0 Å². The Kier molecular flexibility index (Phi) is 12.6. The monoisotopic (exact) mass is 663 g/mol. The van der Waals surface area contributed by atoms with Crippen LogP contribution in [0.25, 0.3) is 0 Å². The number of benzene rings is 2. The maximum Gasteiger partial charge on any atom is 0.329 e. The van der Waals surface area contributed by atoms with E-state index in [4.69, 9.17) is 18.9 Å². The fourth-order valence-corrected chi connectivity index (χ4v) is 7.04. The van der Waals surface area contributed by atoms with E-state index in [2.05, 4.69) is 10.6 Å². The van der Waals surface area contributed by atoms with Gasteiger partial charge in [0.2, 0.25) is 11.8 Å². The highest BCUT2D eigenvalue weighted by Crippen LogP contribution is 2.33. The summed E-state index contributed by atoms with van der Waals surface area (Å²) in [7, 11) is 3.17. The molecule has 2 aromatic carbocycles. The van der Waals surface area contributed by atoms with Gasteiger partial charge in [0.25, 0.3) is 5.91 Å². The standard InChI is InChI=1S/C37H49N3O8/c1-45-31-19-17-25(22-32(31)46-2)16-18-30-27-12-8-13-28(23-27)47-24-34(42)38-20-9-15-33(41)39-35(26-10-4-3-5-11-26)36(43)40-21-7-6-14-29(40)37(44)48-30/h8,12-13,17,19,22-23,26,29-30,35H,3-7,9-11,14-16,18,20-21,24H2,1-2H3,(H,38,42)(H,39,41)/t29-,30+,35+/m0/s1. The molecule has 0 unspecified atom stereocenters. The summed E-state index contributed by atoms with van der Waals surface area (Å²) in [5.41, 5.74) is 1.70. The molecule has 260 valence electrons. The van der Waals surface area contributed by atoms with Crippen molar-refractivity contribution in [2.24, 2.45) is 5.92 Å². The summed E-state index contributed by atoms with van der Waals surface area (Å²) in [6, 6.07) is 11.5. The number of ether oxygens (including phenoxy) is 4. The van der Waals surface area contributed by atoms with Gasteiger partial charge in [-0.25, -0.2) is 4.79 Å². The number of cyclic esters (lactones) is 1. The highest BCUT2D eigenvalue weighted by molar-refractivity contribution is 5.91. The van der Waals surface area contributed by atoms with Crippen LogP contribution in [-0.4, -0.2) is 74.6 Å². The molecular weight excluding hydrogens is 614 g/mol. The number of carbonyl (C=O) groups excluding carboxylic acids is 4. The summed E-state index contributed by atoms with van der Waals surface area (Å²) < 4.78 is 23.0. The van der Waals surface area contributed by atoms with Crippen molar-refractivity contribution in [1.82, 2.24) is 15.5 Å². The van der Waals surface area contributed by atoms with Crippen LogP contribution >= 0.6 is 0 Å². The van der Waals surface area contributed by atoms with E-state index >= 15 is 0 Å². The second-order valence-corrected chi connectivity index (χ2v) is 13.0. The summed E-state index contributed by atoms with van der Waals surface area (Å²) in [5, 5.41) is 5.85. The molecule has 3 aliphatic rings. The normalized spacial score (nSPS) is 23.6. The summed E-state index contributed by atoms with van der Waals surface area (Å²) in [5.74, 6) is 0.508. The number of methoxy groups -OCH3 is 2. The molecule has 3 atom stereocenters. The van der Waals surface area contributed by atoms with Gasteiger partial charge in [0.1, 0.15) is 23.9 Å². The predicted octanol–water partition coefficient (Wildman–Crippen LogP) is 4.66. The molecule has 2 aliphatic heterocycles. The van der Waals surface area contributed by atoms with E-state index in [0.717, 1.165) is 56.1 Å². The van der Waals surface area contributed by atoms with Gasteiger partial charge in [-0.05, 0) is 92.7 Å². The number of hydrogen-bond donors (Lipinski definition) is 2. The maximum absolute atomic E-state index is 14.3. The molecule has 1 aliphatic carbocycles. The lowest BCUT2D eigenvalue weighted by Crippen LogP contribution is -2.58. The molecule has 1 saturated heterocycles. The van der Waals surface area contributed by atoms with Gasteiger partial charge in [-0.3, -0.25) is 14.4 Å². The van der Waals surface area contributed by atoms with Gasteiger partial charge < -0.3 is 34.5 Å². The zero-order chi connectivity index (χ0) is 33.9. The van der Waals surface area contributed by atoms with Crippen LogP contribution in [0, 0.1) is 5.92 Å². The van der Waals surface area contributed by atoms with Crippen LogP contribution in [-0.2, 0) is 30.3 Å². The zero-order valence-electron chi connectivity index (χ0n) is 28.2. The largest absolute Gasteiger partial charge is 0.493 e. The van der Waals surface area contributed by atoms with Crippen LogP contribution in [0.2, 0.25) is 0 Å². The minimum atomic E-state index is -0.749. The number of fused-ring (bicyclic) bond motifs is 3. The molecule has 2 fully saturated rings. The minimum absolute atomic E-state index is 0.0109. The molecule has 2 heterocycles. The van der Waals surface area contributed by atoms with Gasteiger partial charge in [0, 0.05) is 19.5 Å². The lowest BCUT2D eigenvalue weighted by molar-refractivity contribution is -0.163. The van der Waals surface area contributed by atoms with Gasteiger partial charge in [-0.2, -0.15) is 0 Å². The fourth-order valence-electron chi connectivity index (χ4n) is 7.04. The molecule has 0 radical (unpaired) electrons. The molecule has 3 amide bonds. The van der Waals surface area contributed by atoms with Crippen molar-refractivity contribution < 1.29 is 38.1 Å². The Hall–Kier alpha value is -4.28. The smallest absolute Gasteiger partial charge is 0.329 e. The highest BCUT2D eigenvalue weighted by atomic mass is 16.5. The molecule has 2 aromatic rings. The number of nitrogens with zero attached hydrogens (tertiary/aromatic N) is 1. The second-order valence-electron chi connectivity index (χ2n) is 13.0. The van der Waals surface area contributed by atoms with E-state index in [1.165, 1.54) is 0 Å². The zero-order valence-corrected chi connectivity index (χ0v) is 28.2. The van der Waals surface area contributed by atoms with Crippen molar-refractivity contribution in [3.8, 4) is 17.2 Å². The third-order valence-corrected chi connectivity index (χ3v) is 9.67. The quantitative estimate of drug-likeness (QED) is 0.427. The Morgan fingerprint density at radius 3 is 2.44 bits per heavy atom. The molecule has 0 spiro atoms. The molecule has 11 nitrogen and oxygen atoms in total. The lowest BCUT2D eigenvalue weighted by atomic mass is 9.82. The van der Waals surface area contributed by atoms with Crippen molar-refractivity contribution in [2.75, 3.05) is 33.9 Å². The van der Waals surface area contributed by atoms with Crippen LogP contribution in [0.5, 0.6) is 17.2 Å². The van der Waals surface area contributed by atoms with Gasteiger partial charge in [0.05, 0.1) is 14.2 Å². The number of hydrogen-bond acceptors (Lipinski definition) is 8. The molecular formula is C37H49N3O8. The average molecular weight is 664 g/mol. The van der Waals surface area contributed by atoms with Crippen LogP contribution < -0.4 is 24.8 Å². The van der Waals surface area contributed by atoms with Crippen molar-refractivity contribution in [1.29, 1.82) is 0 Å². The Morgan fingerprint density at radius 1 is 0.854 bits per heavy atom. The minimum Gasteiger partial charge on any atom is -0.493 e. The number of rotatable bonds is 6. The molecule has 5 rings (SSSR count). The summed E-state index contributed by atoms with van der Waals surface area (Å²) >= 11 is 0. The first kappa shape index (κ1) is 35.0. The Bertz CT molecular complexity index is 1430. The number of carbonyl (C=O) groups is 4. The Morgan fingerprint density at radius 2 is 1.65 bits per heavy atom. The van der Waals surface area contributed by atoms with Crippen molar-refractivity contribution in [3.63, 3.8) is 0 Å². The van der Waals surface area contributed by atoms with Crippen LogP contribution in [0.3, 0.4) is 0 Å². The predicted molar refractivity (Wildman–Crippen MR) is 179 cm³/mol. The molecule has 0 aromatic heterocycles. The SMILES string of the molecule is COc1ccc(CC[C@H]2OC(=O)[C@@H]3CCCCN3C(=O)[C@@H](C3CCCCC3)NC(=O)CCCNC(=O)COc3cccc2c3)cc1OC. The van der Waals surface area contributed by atoms with Gasteiger partial charge >= 0.3 is 5.97 Å². The van der Waals surface area contributed by atoms with E-state index in [1.54, 1.807) is 31.3 Å². The summed E-state index contributed by atoms with van der Waals surface area (Å²) in [4.78, 5) is 55.7. The highest BCUT2D eigenvalue weighted by Gasteiger charge is 2.40. The topological polar surface area (TPSA) is 132 Å². The maximum atomic E-state index is 14.3. The molecule has 2 bridgehead atoms. The first-order valence-electron chi connectivity index (χ1n) is 17.4. The molecule has 11 heteroatoms. The number of aryl methyl sites for hydroxylation is 1. The average Bonchev–Trinajstić information content (AvgIpc) is 3.12. The van der Waals surface area contributed by atoms with E-state index in [-0.39, 0.29) is 36.7 Å². The van der Waals surface area contributed by atoms with E-state index < -0.39 is 24.2 Å². The first-order valence-corrected chi connectivity index (χ1v) is 17.4. The van der Waals surface area contributed by atoms with E-state index in [9.17, 15) is 19.2 Å². The van der Waals surface area contributed by atoms with E-state index in [0.29, 0.717) is 56.0 Å². The fraction of sp³-hybridized carbons (Fsp3) is 0.568. The van der Waals surface area contributed by atoms with Gasteiger partial charge in [-0.15, -0.1) is 0 Å². The number of nitrogens with one attached hydrogen (secondary N) is 2. The Balaban J connectivity index is 1.44. The first-order chi connectivity index (χ1) is 23.4.